The summed E-state index contributed by atoms with van der Waals surface area (Å²) in [4.78, 5) is 41.2. The van der Waals surface area contributed by atoms with Gasteiger partial charge in [-0.25, -0.2) is 15.0 Å². The fourth-order valence-electron chi connectivity index (χ4n) is 14.2. The SMILES string of the molecule is CCCN(C)c1ccc(-c2cccc(C(C)C)c2)cn1.Cc1ccc(-c2cccc(C(C)C)c2)cn1.Cc1ccc(-c2cccc(C(C)C)c2)cn1.Cc1ccc(-c2cccc(C(C)C)c2)cn1.Cc1ccc(-c2cccc(C(C)C)c2)cn1.Cc1ccc(-c2cccc(C(C)C)c2)cn1.Cc1ccc(-c2cccc(C(C)C)c2)cn1.Cc1ncc(-c2cccc(C(C)C)c2)cn1. The molecule has 10 heteroatoms. The van der Waals surface area contributed by atoms with E-state index in [0.717, 1.165) is 64.3 Å². The Bertz CT molecular complexity index is 5180. The number of benzene rings is 8. The second-order valence-electron chi connectivity index (χ2n) is 36.7. The summed E-state index contributed by atoms with van der Waals surface area (Å²) in [5, 5.41) is 0. The predicted octanol–water partition coefficient (Wildman–Crippen LogP) is 33.4. The second-order valence-corrected chi connectivity index (χ2v) is 36.7. The number of pyridine rings is 7. The van der Waals surface area contributed by atoms with E-state index in [1.807, 2.05) is 104 Å². The molecule has 680 valence electrons. The minimum atomic E-state index is 0.548. The molecule has 0 atom stereocenters. The van der Waals surface area contributed by atoms with Gasteiger partial charge in [0.05, 0.1) is 0 Å². The van der Waals surface area contributed by atoms with Crippen LogP contribution in [0.25, 0.3) is 89.0 Å². The molecule has 16 rings (SSSR count). The van der Waals surface area contributed by atoms with E-state index in [-0.39, 0.29) is 0 Å². The lowest BCUT2D eigenvalue weighted by Crippen LogP contribution is -2.18. The van der Waals surface area contributed by atoms with E-state index in [1.165, 1.54) is 128 Å². The van der Waals surface area contributed by atoms with E-state index in [1.54, 1.807) is 0 Å². The zero-order valence-electron chi connectivity index (χ0n) is 83.3. The highest BCUT2D eigenvalue weighted by molar-refractivity contribution is 5.70. The molecule has 0 aliphatic rings. The lowest BCUT2D eigenvalue weighted by molar-refractivity contribution is 0.838. The van der Waals surface area contributed by atoms with E-state index < -0.39 is 0 Å². The fraction of sp³-hybridized carbons (Fsp3) is 0.287. The van der Waals surface area contributed by atoms with Crippen LogP contribution < -0.4 is 4.90 Å². The number of anilines is 1. The quantitative estimate of drug-likeness (QED) is 0.0774. The average molecular weight is 1750 g/mol. The monoisotopic (exact) mass is 1750 g/mol. The number of rotatable bonds is 19. The number of aryl methyl sites for hydroxylation is 7. The number of nitrogens with zero attached hydrogens (tertiary/aromatic N) is 10. The maximum atomic E-state index is 4.57. The highest BCUT2D eigenvalue weighted by Gasteiger charge is 2.12. The van der Waals surface area contributed by atoms with Gasteiger partial charge in [-0.3, -0.25) is 29.9 Å². The van der Waals surface area contributed by atoms with Gasteiger partial charge in [-0.1, -0.05) is 348 Å². The minimum absolute atomic E-state index is 0.548. The Kier molecular flexibility index (Phi) is 40.3. The Morgan fingerprint density at radius 2 is 0.356 bits per heavy atom. The molecule has 0 fully saturated rings. The molecule has 132 heavy (non-hydrogen) atoms. The van der Waals surface area contributed by atoms with Gasteiger partial charge in [-0.05, 0) is 240 Å². The van der Waals surface area contributed by atoms with Crippen molar-refractivity contribution in [2.24, 2.45) is 0 Å². The molecule has 0 saturated heterocycles. The first-order chi connectivity index (χ1) is 63.3. The van der Waals surface area contributed by atoms with Crippen molar-refractivity contribution in [3.8, 4) is 89.0 Å². The summed E-state index contributed by atoms with van der Waals surface area (Å²) in [5.74, 6) is 6.36. The summed E-state index contributed by atoms with van der Waals surface area (Å²) in [6.45, 7) is 52.6. The largest absolute Gasteiger partial charge is 0.360 e. The van der Waals surface area contributed by atoms with Gasteiger partial charge in [-0.2, -0.15) is 0 Å². The third kappa shape index (κ3) is 33.0. The molecular formula is C122H142N10. The maximum absolute atomic E-state index is 4.57. The van der Waals surface area contributed by atoms with Crippen molar-refractivity contribution in [2.75, 3.05) is 18.5 Å². The van der Waals surface area contributed by atoms with Gasteiger partial charge in [0.25, 0.3) is 0 Å². The first kappa shape index (κ1) is 102. The molecule has 0 amide bonds. The van der Waals surface area contributed by atoms with Gasteiger partial charge >= 0.3 is 0 Å². The zero-order chi connectivity index (χ0) is 95.3. The lowest BCUT2D eigenvalue weighted by atomic mass is 9.98. The normalized spacial score (nSPS) is 10.8. The van der Waals surface area contributed by atoms with Crippen molar-refractivity contribution >= 4 is 5.82 Å². The Morgan fingerprint density at radius 1 is 0.189 bits per heavy atom. The molecule has 10 nitrogen and oxygen atoms in total. The Hall–Kier alpha value is -13.3. The lowest BCUT2D eigenvalue weighted by Gasteiger charge is -2.17. The molecule has 0 bridgehead atoms. The summed E-state index contributed by atoms with van der Waals surface area (Å²) < 4.78 is 0. The number of hydrogen-bond donors (Lipinski definition) is 0. The van der Waals surface area contributed by atoms with Crippen molar-refractivity contribution in [2.45, 2.75) is 220 Å². The molecule has 8 aromatic heterocycles. The first-order valence-corrected chi connectivity index (χ1v) is 47.1. The maximum Gasteiger partial charge on any atom is 0.128 e. The standard InChI is InChI=1S/C18H24N2.6C15H17N.C14H16N2/c1-5-11-20(4)18-10-9-17(13-19-18)16-8-6-7-15(12-16)14(2)3;6*1-11(2)13-5-4-6-14(9-13)15-8-7-12(3)16-10-15;1-10(2)12-5-4-6-13(7-12)14-8-15-11(3)16-9-14/h6-10,12-14H,5,11H2,1-4H3;6*4-11H,1-3H3;4-10H,1-3H3. The van der Waals surface area contributed by atoms with Crippen LogP contribution in [-0.2, 0) is 0 Å². The predicted molar refractivity (Wildman–Crippen MR) is 565 cm³/mol. The van der Waals surface area contributed by atoms with Crippen LogP contribution in [0.15, 0.2) is 335 Å². The van der Waals surface area contributed by atoms with Crippen molar-refractivity contribution in [1.29, 1.82) is 0 Å². The van der Waals surface area contributed by atoms with Crippen LogP contribution in [0.3, 0.4) is 0 Å². The third-order valence-electron chi connectivity index (χ3n) is 23.0. The molecule has 0 aliphatic carbocycles. The molecule has 0 radical (unpaired) electrons. The number of aromatic nitrogens is 9. The molecule has 0 unspecified atom stereocenters. The highest BCUT2D eigenvalue weighted by Crippen LogP contribution is 2.33. The molecule has 16 aromatic rings. The van der Waals surface area contributed by atoms with E-state index in [9.17, 15) is 0 Å². The summed E-state index contributed by atoms with van der Waals surface area (Å²) >= 11 is 0. The Balaban J connectivity index is 0.000000170. The molecule has 0 aliphatic heterocycles. The molecule has 8 aromatic carbocycles. The van der Waals surface area contributed by atoms with Gasteiger partial charge in [0.1, 0.15) is 11.6 Å². The van der Waals surface area contributed by atoms with Gasteiger partial charge in [-0.15, -0.1) is 0 Å². The topological polar surface area (TPSA) is 119 Å². The molecule has 8 heterocycles. The van der Waals surface area contributed by atoms with Crippen LogP contribution in [0.2, 0.25) is 0 Å². The fourth-order valence-corrected chi connectivity index (χ4v) is 14.2. The van der Waals surface area contributed by atoms with Crippen LogP contribution in [0, 0.1) is 48.5 Å². The summed E-state index contributed by atoms with van der Waals surface area (Å²) in [5.41, 5.74) is 36.6. The molecule has 0 N–H and O–H groups in total. The minimum Gasteiger partial charge on any atom is -0.360 e. The molecule has 0 saturated carbocycles. The van der Waals surface area contributed by atoms with Gasteiger partial charge in [0.15, 0.2) is 0 Å². The second kappa shape index (κ2) is 51.9. The van der Waals surface area contributed by atoms with Crippen LogP contribution >= 0.6 is 0 Å². The summed E-state index contributed by atoms with van der Waals surface area (Å²) in [6.07, 6.45) is 18.5. The van der Waals surface area contributed by atoms with Crippen molar-refractivity contribution in [3.63, 3.8) is 0 Å². The van der Waals surface area contributed by atoms with Crippen molar-refractivity contribution in [1.82, 2.24) is 44.9 Å². The van der Waals surface area contributed by atoms with Crippen LogP contribution in [0.1, 0.15) is 256 Å². The third-order valence-corrected chi connectivity index (χ3v) is 23.0. The molecular weight excluding hydrogens is 1610 g/mol. The summed E-state index contributed by atoms with van der Waals surface area (Å²) in [6, 6.07) is 98.7. The van der Waals surface area contributed by atoms with Gasteiger partial charge < -0.3 is 4.90 Å². The van der Waals surface area contributed by atoms with Crippen molar-refractivity contribution < 1.29 is 0 Å². The van der Waals surface area contributed by atoms with E-state index in [2.05, 4.69) is 454 Å². The van der Waals surface area contributed by atoms with E-state index in [4.69, 9.17) is 0 Å². The Morgan fingerprint density at radius 3 is 0.508 bits per heavy atom. The highest BCUT2D eigenvalue weighted by atomic mass is 15.2. The molecule has 0 spiro atoms. The van der Waals surface area contributed by atoms with Crippen molar-refractivity contribution in [3.05, 3.63) is 419 Å². The Labute approximate surface area is 792 Å². The first-order valence-electron chi connectivity index (χ1n) is 47.1. The van der Waals surface area contributed by atoms with Crippen LogP contribution in [0.4, 0.5) is 5.82 Å². The number of hydrogen-bond acceptors (Lipinski definition) is 10. The average Bonchev–Trinajstić information content (AvgIpc) is 0.913. The van der Waals surface area contributed by atoms with Crippen LogP contribution in [0.5, 0.6) is 0 Å². The van der Waals surface area contributed by atoms with Crippen LogP contribution in [-0.4, -0.2) is 58.4 Å². The van der Waals surface area contributed by atoms with E-state index >= 15 is 0 Å². The van der Waals surface area contributed by atoms with Gasteiger partial charge in [0.2, 0.25) is 0 Å². The van der Waals surface area contributed by atoms with E-state index in [0.29, 0.717) is 47.3 Å². The van der Waals surface area contributed by atoms with Gasteiger partial charge in [0, 0.05) is 148 Å². The smallest absolute Gasteiger partial charge is 0.128 e. The summed E-state index contributed by atoms with van der Waals surface area (Å²) in [7, 11) is 2.09. The zero-order valence-corrected chi connectivity index (χ0v) is 83.3.